The summed E-state index contributed by atoms with van der Waals surface area (Å²) in [5.41, 5.74) is 2.90. The molecule has 0 bridgehead atoms. The lowest BCUT2D eigenvalue weighted by Gasteiger charge is -2.07. The standard InChI is InChI=1S/C15H28O/c1-13(2)7-5-8-14(3)9-6-10-15(4)11-12-16/h7,9,15-16H,5-6,8,10-12H2,1-4H3. The first-order valence-corrected chi connectivity index (χ1v) is 6.46. The van der Waals surface area contributed by atoms with Gasteiger partial charge in [-0.25, -0.2) is 0 Å². The first-order valence-electron chi connectivity index (χ1n) is 6.46. The Morgan fingerprint density at radius 3 is 2.31 bits per heavy atom. The van der Waals surface area contributed by atoms with Crippen LogP contribution in [0, 0.1) is 5.92 Å². The number of hydrogen-bond donors (Lipinski definition) is 1. The second-order valence-corrected chi connectivity index (χ2v) is 5.07. The number of allylic oxidation sites excluding steroid dienone is 4. The maximum Gasteiger partial charge on any atom is 0.0433 e. The van der Waals surface area contributed by atoms with Gasteiger partial charge in [-0.3, -0.25) is 0 Å². The zero-order chi connectivity index (χ0) is 12.4. The van der Waals surface area contributed by atoms with Gasteiger partial charge in [0.25, 0.3) is 0 Å². The highest BCUT2D eigenvalue weighted by molar-refractivity contribution is 5.02. The quantitative estimate of drug-likeness (QED) is 0.603. The topological polar surface area (TPSA) is 20.2 Å². The average Bonchev–Trinajstić information content (AvgIpc) is 2.17. The number of aliphatic hydroxyl groups is 1. The highest BCUT2D eigenvalue weighted by Crippen LogP contribution is 2.13. The van der Waals surface area contributed by atoms with Crippen molar-refractivity contribution in [1.82, 2.24) is 0 Å². The summed E-state index contributed by atoms with van der Waals surface area (Å²) in [5, 5.41) is 8.79. The molecular weight excluding hydrogens is 196 g/mol. The molecule has 0 saturated carbocycles. The lowest BCUT2D eigenvalue weighted by Crippen LogP contribution is -1.97. The van der Waals surface area contributed by atoms with Crippen LogP contribution < -0.4 is 0 Å². The molecule has 0 aromatic carbocycles. The fourth-order valence-electron chi connectivity index (χ4n) is 1.67. The molecule has 1 nitrogen and oxygen atoms in total. The Balaban J connectivity index is 3.66. The monoisotopic (exact) mass is 224 g/mol. The number of rotatable bonds is 8. The van der Waals surface area contributed by atoms with Gasteiger partial charge in [-0.2, -0.15) is 0 Å². The molecule has 0 saturated heterocycles. The predicted octanol–water partition coefficient (Wildman–Crippen LogP) is 4.48. The maximum absolute atomic E-state index is 8.79. The Labute approximate surface area is 101 Å². The molecule has 0 aliphatic rings. The van der Waals surface area contributed by atoms with Crippen molar-refractivity contribution in [3.8, 4) is 0 Å². The maximum atomic E-state index is 8.79. The highest BCUT2D eigenvalue weighted by Gasteiger charge is 1.99. The van der Waals surface area contributed by atoms with Crippen molar-refractivity contribution in [2.75, 3.05) is 6.61 Å². The van der Waals surface area contributed by atoms with Gasteiger partial charge >= 0.3 is 0 Å². The minimum absolute atomic E-state index is 0.324. The van der Waals surface area contributed by atoms with Crippen molar-refractivity contribution in [2.45, 2.75) is 59.8 Å². The number of hydrogen-bond acceptors (Lipinski definition) is 1. The van der Waals surface area contributed by atoms with Crippen molar-refractivity contribution in [2.24, 2.45) is 5.92 Å². The van der Waals surface area contributed by atoms with Crippen molar-refractivity contribution in [1.29, 1.82) is 0 Å². The largest absolute Gasteiger partial charge is 0.396 e. The van der Waals surface area contributed by atoms with E-state index in [-0.39, 0.29) is 0 Å². The molecule has 0 aromatic heterocycles. The van der Waals surface area contributed by atoms with Crippen LogP contribution in [0.4, 0.5) is 0 Å². The molecule has 1 atom stereocenters. The highest BCUT2D eigenvalue weighted by atomic mass is 16.3. The molecule has 16 heavy (non-hydrogen) atoms. The van der Waals surface area contributed by atoms with Crippen LogP contribution in [0.1, 0.15) is 59.8 Å². The second-order valence-electron chi connectivity index (χ2n) is 5.07. The van der Waals surface area contributed by atoms with E-state index in [4.69, 9.17) is 5.11 Å². The van der Waals surface area contributed by atoms with Gasteiger partial charge in [0.1, 0.15) is 0 Å². The Kier molecular flexibility index (Phi) is 9.31. The van der Waals surface area contributed by atoms with Gasteiger partial charge < -0.3 is 5.11 Å². The smallest absolute Gasteiger partial charge is 0.0433 e. The van der Waals surface area contributed by atoms with E-state index in [1.165, 1.54) is 24.0 Å². The fourth-order valence-corrected chi connectivity index (χ4v) is 1.67. The van der Waals surface area contributed by atoms with Crippen LogP contribution in [-0.2, 0) is 0 Å². The Hall–Kier alpha value is -0.560. The average molecular weight is 224 g/mol. The van der Waals surface area contributed by atoms with Gasteiger partial charge in [-0.05, 0) is 58.8 Å². The Morgan fingerprint density at radius 2 is 1.75 bits per heavy atom. The molecule has 1 N–H and O–H groups in total. The van der Waals surface area contributed by atoms with Crippen LogP contribution in [-0.4, -0.2) is 11.7 Å². The Bertz CT molecular complexity index is 222. The fraction of sp³-hybridized carbons (Fsp3) is 0.733. The van der Waals surface area contributed by atoms with Crippen LogP contribution in [0.2, 0.25) is 0 Å². The summed E-state index contributed by atoms with van der Waals surface area (Å²) in [6, 6.07) is 0. The van der Waals surface area contributed by atoms with Crippen LogP contribution in [0.15, 0.2) is 23.3 Å². The third-order valence-corrected chi connectivity index (χ3v) is 2.87. The first-order chi connectivity index (χ1) is 7.56. The van der Waals surface area contributed by atoms with E-state index in [1.807, 2.05) is 0 Å². The van der Waals surface area contributed by atoms with Crippen molar-refractivity contribution in [3.63, 3.8) is 0 Å². The molecule has 0 aromatic rings. The predicted molar refractivity (Wildman–Crippen MR) is 72.5 cm³/mol. The summed E-state index contributed by atoms with van der Waals surface area (Å²) in [5.74, 6) is 0.645. The van der Waals surface area contributed by atoms with Gasteiger partial charge in [0, 0.05) is 6.61 Å². The van der Waals surface area contributed by atoms with Crippen molar-refractivity contribution >= 4 is 0 Å². The van der Waals surface area contributed by atoms with Crippen LogP contribution in [0.3, 0.4) is 0 Å². The van der Waals surface area contributed by atoms with E-state index >= 15 is 0 Å². The Morgan fingerprint density at radius 1 is 1.06 bits per heavy atom. The van der Waals surface area contributed by atoms with E-state index in [1.54, 1.807) is 0 Å². The molecule has 0 spiro atoms. The van der Waals surface area contributed by atoms with Gasteiger partial charge in [0.05, 0.1) is 0 Å². The molecular formula is C15H28O. The molecule has 0 amide bonds. The number of aliphatic hydroxyl groups excluding tert-OH is 1. The molecule has 0 aliphatic heterocycles. The molecule has 1 heteroatoms. The van der Waals surface area contributed by atoms with E-state index in [2.05, 4.69) is 39.8 Å². The van der Waals surface area contributed by atoms with Crippen LogP contribution in [0.25, 0.3) is 0 Å². The summed E-state index contributed by atoms with van der Waals surface area (Å²) in [7, 11) is 0. The van der Waals surface area contributed by atoms with Gasteiger partial charge in [-0.1, -0.05) is 30.2 Å². The summed E-state index contributed by atoms with van der Waals surface area (Å²) < 4.78 is 0. The summed E-state index contributed by atoms with van der Waals surface area (Å²) >= 11 is 0. The van der Waals surface area contributed by atoms with Gasteiger partial charge in [-0.15, -0.1) is 0 Å². The van der Waals surface area contributed by atoms with E-state index < -0.39 is 0 Å². The summed E-state index contributed by atoms with van der Waals surface area (Å²) in [6.07, 6.45) is 10.3. The lowest BCUT2D eigenvalue weighted by atomic mass is 10.0. The third-order valence-electron chi connectivity index (χ3n) is 2.87. The zero-order valence-electron chi connectivity index (χ0n) is 11.4. The lowest BCUT2D eigenvalue weighted by molar-refractivity contribution is 0.259. The zero-order valence-corrected chi connectivity index (χ0v) is 11.4. The van der Waals surface area contributed by atoms with E-state index in [0.29, 0.717) is 12.5 Å². The summed E-state index contributed by atoms with van der Waals surface area (Å²) in [6.45, 7) is 9.05. The molecule has 0 radical (unpaired) electrons. The second kappa shape index (κ2) is 9.65. The van der Waals surface area contributed by atoms with Crippen molar-refractivity contribution in [3.05, 3.63) is 23.3 Å². The van der Waals surface area contributed by atoms with Gasteiger partial charge in [0.2, 0.25) is 0 Å². The molecule has 1 unspecified atom stereocenters. The minimum atomic E-state index is 0.324. The molecule has 0 rings (SSSR count). The molecule has 94 valence electrons. The minimum Gasteiger partial charge on any atom is -0.396 e. The molecule has 0 fully saturated rings. The van der Waals surface area contributed by atoms with Crippen LogP contribution in [0.5, 0.6) is 0 Å². The molecule has 0 aliphatic carbocycles. The third kappa shape index (κ3) is 9.97. The van der Waals surface area contributed by atoms with E-state index in [9.17, 15) is 0 Å². The molecule has 0 heterocycles. The SMILES string of the molecule is CC(C)=CCCC(C)=CCCC(C)CCO. The summed E-state index contributed by atoms with van der Waals surface area (Å²) in [4.78, 5) is 0. The first kappa shape index (κ1) is 15.4. The van der Waals surface area contributed by atoms with Crippen molar-refractivity contribution < 1.29 is 5.11 Å². The van der Waals surface area contributed by atoms with E-state index in [0.717, 1.165) is 19.3 Å². The normalized spacial score (nSPS) is 13.7. The van der Waals surface area contributed by atoms with Crippen LogP contribution >= 0.6 is 0 Å². The van der Waals surface area contributed by atoms with Gasteiger partial charge in [0.15, 0.2) is 0 Å².